The van der Waals surface area contributed by atoms with Crippen LogP contribution in [0.15, 0.2) is 12.1 Å². The van der Waals surface area contributed by atoms with Gasteiger partial charge in [0.15, 0.2) is 0 Å². The molecule has 1 aliphatic heterocycles. The largest absolute Gasteiger partial charge is 0.497 e. The van der Waals surface area contributed by atoms with Crippen molar-refractivity contribution in [3.63, 3.8) is 0 Å². The lowest BCUT2D eigenvalue weighted by molar-refractivity contribution is 0.0966. The second kappa shape index (κ2) is 2.80. The number of hydrogen-bond donors (Lipinski definition) is 1. The van der Waals surface area contributed by atoms with E-state index in [0.717, 1.165) is 22.3 Å². The van der Waals surface area contributed by atoms with Crippen LogP contribution < -0.4 is 15.5 Å². The number of hydrogen-bond acceptors (Lipinski definition) is 2. The Labute approximate surface area is 77.5 Å². The van der Waals surface area contributed by atoms with Gasteiger partial charge in [-0.15, -0.1) is 0 Å². The summed E-state index contributed by atoms with van der Waals surface area (Å²) in [5.74, 6) is 0.780. The van der Waals surface area contributed by atoms with Crippen molar-refractivity contribution < 1.29 is 9.53 Å². The molecule has 0 aliphatic carbocycles. The first-order chi connectivity index (χ1) is 6.24. The molecule has 2 rings (SSSR count). The Bertz CT molecular complexity index is 376. The molecule has 0 spiro atoms. The molecule has 3 nitrogen and oxygen atoms in total. The molecule has 0 saturated carbocycles. The number of fused-ring (bicyclic) bond motifs is 1. The van der Waals surface area contributed by atoms with Gasteiger partial charge in [0, 0.05) is 12.1 Å². The molecule has 66 valence electrons. The van der Waals surface area contributed by atoms with Crippen LogP contribution in [-0.4, -0.2) is 20.9 Å². The molecule has 13 heavy (non-hydrogen) atoms. The molecule has 1 heterocycles. The Morgan fingerprint density at radius 1 is 1.54 bits per heavy atom. The van der Waals surface area contributed by atoms with Gasteiger partial charge in [-0.05, 0) is 17.1 Å². The van der Waals surface area contributed by atoms with Gasteiger partial charge in [0.25, 0.3) is 5.91 Å². The lowest BCUT2D eigenvalue weighted by Crippen LogP contribution is -2.21. The first kappa shape index (κ1) is 8.17. The van der Waals surface area contributed by atoms with Gasteiger partial charge in [-0.2, -0.15) is 0 Å². The Morgan fingerprint density at radius 2 is 2.31 bits per heavy atom. The van der Waals surface area contributed by atoms with E-state index >= 15 is 0 Å². The molecular formula is C9H10BNO2. The summed E-state index contributed by atoms with van der Waals surface area (Å²) in [7, 11) is 3.52. The predicted octanol–water partition coefficient (Wildman–Crippen LogP) is -0.803. The van der Waals surface area contributed by atoms with Crippen molar-refractivity contribution in [2.75, 3.05) is 7.11 Å². The van der Waals surface area contributed by atoms with Gasteiger partial charge in [-0.25, -0.2) is 0 Å². The maximum atomic E-state index is 11.4. The zero-order valence-corrected chi connectivity index (χ0v) is 7.68. The van der Waals surface area contributed by atoms with Crippen molar-refractivity contribution in [2.24, 2.45) is 0 Å². The highest BCUT2D eigenvalue weighted by atomic mass is 16.5. The van der Waals surface area contributed by atoms with E-state index in [-0.39, 0.29) is 5.91 Å². The minimum Gasteiger partial charge on any atom is -0.497 e. The summed E-state index contributed by atoms with van der Waals surface area (Å²) in [4.78, 5) is 11.4. The standard InChI is InChI=1S/C9H10BNO2/c1-13-6-3-2-5-4-11-9(12)7(5)8(6)10/h2-3H,4,10H2,1H3,(H,11,12). The fourth-order valence-electron chi connectivity index (χ4n) is 1.70. The minimum atomic E-state index is 0.00593. The van der Waals surface area contributed by atoms with E-state index in [0.29, 0.717) is 6.54 Å². The van der Waals surface area contributed by atoms with Crippen LogP contribution in [-0.2, 0) is 6.54 Å². The molecule has 1 amide bonds. The Balaban J connectivity index is 2.63. The van der Waals surface area contributed by atoms with E-state index < -0.39 is 0 Å². The van der Waals surface area contributed by atoms with Crippen molar-refractivity contribution in [3.05, 3.63) is 23.3 Å². The van der Waals surface area contributed by atoms with Gasteiger partial charge < -0.3 is 10.1 Å². The molecule has 0 atom stereocenters. The minimum absolute atomic E-state index is 0.00593. The highest BCUT2D eigenvalue weighted by Crippen LogP contribution is 2.17. The van der Waals surface area contributed by atoms with Crippen LogP contribution in [0.2, 0.25) is 0 Å². The quantitative estimate of drug-likeness (QED) is 0.567. The van der Waals surface area contributed by atoms with Crippen LogP contribution in [0.25, 0.3) is 0 Å². The molecule has 1 N–H and O–H groups in total. The number of nitrogens with one attached hydrogen (secondary N) is 1. The molecule has 0 fully saturated rings. The number of carbonyl (C=O) groups is 1. The van der Waals surface area contributed by atoms with E-state index in [1.54, 1.807) is 7.11 Å². The molecule has 0 radical (unpaired) electrons. The number of ether oxygens (including phenoxy) is 1. The summed E-state index contributed by atoms with van der Waals surface area (Å²) in [6.07, 6.45) is 0. The highest BCUT2D eigenvalue weighted by molar-refractivity contribution is 6.39. The SMILES string of the molecule is Bc1c(OC)ccc2c1C(=O)NC2. The molecule has 4 heteroatoms. The van der Waals surface area contributed by atoms with E-state index in [1.807, 2.05) is 20.0 Å². The van der Waals surface area contributed by atoms with Gasteiger partial charge in [0.2, 0.25) is 0 Å². The summed E-state index contributed by atoms with van der Waals surface area (Å²) in [6, 6.07) is 3.83. The zero-order chi connectivity index (χ0) is 9.42. The fourth-order valence-corrected chi connectivity index (χ4v) is 1.70. The summed E-state index contributed by atoms with van der Waals surface area (Å²) < 4.78 is 5.14. The highest BCUT2D eigenvalue weighted by Gasteiger charge is 2.22. The third kappa shape index (κ3) is 1.10. The normalized spacial score (nSPS) is 13.8. The average molecular weight is 175 g/mol. The molecule has 0 unspecified atom stereocenters. The summed E-state index contributed by atoms with van der Waals surface area (Å²) in [6.45, 7) is 0.638. The average Bonchev–Trinajstić information content (AvgIpc) is 2.49. The number of rotatable bonds is 1. The van der Waals surface area contributed by atoms with Crippen LogP contribution in [0.5, 0.6) is 5.75 Å². The van der Waals surface area contributed by atoms with E-state index in [1.165, 1.54) is 0 Å². The molecule has 1 aromatic carbocycles. The third-order valence-corrected chi connectivity index (χ3v) is 2.39. The molecule has 0 saturated heterocycles. The van der Waals surface area contributed by atoms with Crippen LogP contribution >= 0.6 is 0 Å². The predicted molar refractivity (Wildman–Crippen MR) is 52.3 cm³/mol. The lowest BCUT2D eigenvalue weighted by Gasteiger charge is -2.07. The Morgan fingerprint density at radius 3 is 3.00 bits per heavy atom. The van der Waals surface area contributed by atoms with Gasteiger partial charge in [0.05, 0.1) is 7.11 Å². The first-order valence-electron chi connectivity index (χ1n) is 4.18. The summed E-state index contributed by atoms with van der Waals surface area (Å²) in [5, 5.41) is 2.78. The van der Waals surface area contributed by atoms with Gasteiger partial charge in [0.1, 0.15) is 13.6 Å². The zero-order valence-electron chi connectivity index (χ0n) is 7.68. The smallest absolute Gasteiger partial charge is 0.251 e. The van der Waals surface area contributed by atoms with Gasteiger partial charge in [-0.1, -0.05) is 6.07 Å². The molecule has 0 bridgehead atoms. The van der Waals surface area contributed by atoms with Crippen molar-refractivity contribution in [1.82, 2.24) is 5.32 Å². The lowest BCUT2D eigenvalue weighted by atomic mass is 9.87. The molecule has 1 aromatic rings. The Kier molecular flexibility index (Phi) is 1.76. The number of carbonyl (C=O) groups excluding carboxylic acids is 1. The third-order valence-electron chi connectivity index (χ3n) is 2.39. The van der Waals surface area contributed by atoms with E-state index in [4.69, 9.17) is 4.74 Å². The van der Waals surface area contributed by atoms with E-state index in [2.05, 4.69) is 5.32 Å². The van der Waals surface area contributed by atoms with Crippen molar-refractivity contribution >= 4 is 19.2 Å². The topological polar surface area (TPSA) is 38.3 Å². The maximum absolute atomic E-state index is 11.4. The maximum Gasteiger partial charge on any atom is 0.251 e. The van der Waals surface area contributed by atoms with E-state index in [9.17, 15) is 4.79 Å². The number of benzene rings is 1. The molecule has 1 aliphatic rings. The van der Waals surface area contributed by atoms with Crippen molar-refractivity contribution in [2.45, 2.75) is 6.54 Å². The van der Waals surface area contributed by atoms with Crippen LogP contribution in [0.4, 0.5) is 0 Å². The second-order valence-corrected chi connectivity index (χ2v) is 3.11. The Hall–Kier alpha value is -1.45. The molecule has 0 aromatic heterocycles. The first-order valence-corrected chi connectivity index (χ1v) is 4.18. The van der Waals surface area contributed by atoms with Crippen molar-refractivity contribution in [1.29, 1.82) is 0 Å². The fraction of sp³-hybridized carbons (Fsp3) is 0.222. The van der Waals surface area contributed by atoms with Crippen LogP contribution in [0.3, 0.4) is 0 Å². The summed E-state index contributed by atoms with van der Waals surface area (Å²) >= 11 is 0. The summed E-state index contributed by atoms with van der Waals surface area (Å²) in [5.41, 5.74) is 2.76. The monoisotopic (exact) mass is 175 g/mol. The number of amides is 1. The van der Waals surface area contributed by atoms with Gasteiger partial charge >= 0.3 is 0 Å². The molecular weight excluding hydrogens is 165 g/mol. The van der Waals surface area contributed by atoms with Crippen LogP contribution in [0, 0.1) is 0 Å². The van der Waals surface area contributed by atoms with Crippen LogP contribution in [0.1, 0.15) is 15.9 Å². The van der Waals surface area contributed by atoms with Crippen molar-refractivity contribution in [3.8, 4) is 5.75 Å². The van der Waals surface area contributed by atoms with Gasteiger partial charge in [-0.3, -0.25) is 4.79 Å². The second-order valence-electron chi connectivity index (χ2n) is 3.11. The number of methoxy groups -OCH3 is 1.